The van der Waals surface area contributed by atoms with Crippen molar-refractivity contribution in [3.05, 3.63) is 64.6 Å². The summed E-state index contributed by atoms with van der Waals surface area (Å²) in [4.78, 5) is 18.8. The molecule has 8 heteroatoms. The number of sulfone groups is 1. The number of amidine groups is 1. The van der Waals surface area contributed by atoms with E-state index in [0.29, 0.717) is 18.0 Å². The SMILES string of the molecule is O=C(CCc1ccccc1)N=C1S[C@H]2CS(=O)(=O)C[C@@H]2N1c1cccc(Br)c1. The van der Waals surface area contributed by atoms with Crippen LogP contribution in [0.25, 0.3) is 0 Å². The zero-order chi connectivity index (χ0) is 19.7. The summed E-state index contributed by atoms with van der Waals surface area (Å²) in [5.74, 6) is 0.0348. The highest BCUT2D eigenvalue weighted by Gasteiger charge is 2.49. The summed E-state index contributed by atoms with van der Waals surface area (Å²) in [6.07, 6.45) is 0.966. The van der Waals surface area contributed by atoms with Gasteiger partial charge in [-0.3, -0.25) is 4.79 Å². The Balaban J connectivity index is 1.58. The molecule has 2 aliphatic rings. The molecule has 2 atom stereocenters. The molecule has 0 aromatic heterocycles. The average Bonchev–Trinajstić information content (AvgIpc) is 3.11. The Morgan fingerprint density at radius 2 is 1.93 bits per heavy atom. The number of hydrogen-bond donors (Lipinski definition) is 0. The maximum atomic E-state index is 12.5. The molecule has 0 aliphatic carbocycles. The number of fused-ring (bicyclic) bond motifs is 1. The van der Waals surface area contributed by atoms with Crippen LogP contribution in [-0.4, -0.2) is 42.3 Å². The molecule has 5 nitrogen and oxygen atoms in total. The Kier molecular flexibility index (Phi) is 5.62. The Bertz CT molecular complexity index is 1020. The van der Waals surface area contributed by atoms with Crippen LogP contribution in [0, 0.1) is 0 Å². The van der Waals surface area contributed by atoms with E-state index in [9.17, 15) is 13.2 Å². The van der Waals surface area contributed by atoms with Crippen molar-refractivity contribution in [1.29, 1.82) is 0 Å². The zero-order valence-electron chi connectivity index (χ0n) is 15.0. The van der Waals surface area contributed by atoms with Crippen LogP contribution in [0.2, 0.25) is 0 Å². The van der Waals surface area contributed by atoms with Gasteiger partial charge in [-0.15, -0.1) is 0 Å². The first-order valence-electron chi connectivity index (χ1n) is 8.99. The average molecular weight is 479 g/mol. The van der Waals surface area contributed by atoms with E-state index in [-0.39, 0.29) is 28.7 Å². The Morgan fingerprint density at radius 3 is 2.68 bits per heavy atom. The van der Waals surface area contributed by atoms with Crippen LogP contribution in [0.4, 0.5) is 5.69 Å². The molecule has 2 fully saturated rings. The van der Waals surface area contributed by atoms with Crippen LogP contribution in [0.15, 0.2) is 64.1 Å². The molecule has 0 spiro atoms. The summed E-state index contributed by atoms with van der Waals surface area (Å²) in [5, 5.41) is 0.505. The van der Waals surface area contributed by atoms with Gasteiger partial charge in [-0.2, -0.15) is 4.99 Å². The van der Waals surface area contributed by atoms with Crippen molar-refractivity contribution >= 4 is 54.3 Å². The molecule has 2 saturated heterocycles. The van der Waals surface area contributed by atoms with E-state index in [1.165, 1.54) is 11.8 Å². The van der Waals surface area contributed by atoms with Crippen LogP contribution >= 0.6 is 27.7 Å². The van der Waals surface area contributed by atoms with E-state index < -0.39 is 9.84 Å². The van der Waals surface area contributed by atoms with Crippen LogP contribution in [0.5, 0.6) is 0 Å². The van der Waals surface area contributed by atoms with Crippen molar-refractivity contribution in [2.24, 2.45) is 4.99 Å². The minimum Gasteiger partial charge on any atom is -0.316 e. The van der Waals surface area contributed by atoms with Gasteiger partial charge in [-0.1, -0.05) is 64.1 Å². The number of hydrogen-bond acceptors (Lipinski definition) is 4. The minimum absolute atomic E-state index is 0.0917. The van der Waals surface area contributed by atoms with Crippen molar-refractivity contribution in [2.45, 2.75) is 24.1 Å². The number of halogens is 1. The van der Waals surface area contributed by atoms with Crippen LogP contribution in [0.1, 0.15) is 12.0 Å². The van der Waals surface area contributed by atoms with Gasteiger partial charge in [0.15, 0.2) is 15.0 Å². The van der Waals surface area contributed by atoms with Crippen molar-refractivity contribution in [2.75, 3.05) is 16.4 Å². The van der Waals surface area contributed by atoms with Crippen LogP contribution in [-0.2, 0) is 21.1 Å². The second-order valence-electron chi connectivity index (χ2n) is 6.92. The van der Waals surface area contributed by atoms with E-state index in [1.54, 1.807) is 0 Å². The molecule has 4 rings (SSSR count). The Hall–Kier alpha value is -1.64. The minimum atomic E-state index is -3.07. The summed E-state index contributed by atoms with van der Waals surface area (Å²) >= 11 is 4.87. The molecule has 0 bridgehead atoms. The summed E-state index contributed by atoms with van der Waals surface area (Å²) < 4.78 is 25.1. The van der Waals surface area contributed by atoms with Crippen molar-refractivity contribution in [1.82, 2.24) is 0 Å². The third kappa shape index (κ3) is 4.34. The molecule has 2 aromatic carbocycles. The number of thioether (sulfide) groups is 1. The molecular formula is C20H19BrN2O3S2. The molecule has 0 radical (unpaired) electrons. The summed E-state index contributed by atoms with van der Waals surface area (Å²) in [7, 11) is -3.07. The lowest BCUT2D eigenvalue weighted by Crippen LogP contribution is -2.37. The monoisotopic (exact) mass is 478 g/mol. The van der Waals surface area contributed by atoms with Crippen LogP contribution < -0.4 is 4.90 Å². The van der Waals surface area contributed by atoms with Crippen molar-refractivity contribution < 1.29 is 13.2 Å². The predicted molar refractivity (Wildman–Crippen MR) is 118 cm³/mol. The van der Waals surface area contributed by atoms with Gasteiger partial charge < -0.3 is 4.90 Å². The van der Waals surface area contributed by atoms with E-state index >= 15 is 0 Å². The fraction of sp³-hybridized carbons (Fsp3) is 0.300. The lowest BCUT2D eigenvalue weighted by atomic mass is 10.1. The first kappa shape index (κ1) is 19.7. The van der Waals surface area contributed by atoms with E-state index in [2.05, 4.69) is 20.9 Å². The third-order valence-corrected chi connectivity index (χ3v) is 8.55. The molecule has 0 saturated carbocycles. The molecule has 1 amide bonds. The van der Waals surface area contributed by atoms with Gasteiger partial charge in [-0.25, -0.2) is 8.42 Å². The van der Waals surface area contributed by atoms with E-state index in [4.69, 9.17) is 0 Å². The van der Waals surface area contributed by atoms with Gasteiger partial charge in [0.1, 0.15) is 0 Å². The zero-order valence-corrected chi connectivity index (χ0v) is 18.2. The number of aryl methyl sites for hydroxylation is 1. The number of amides is 1. The highest BCUT2D eigenvalue weighted by Crippen LogP contribution is 2.41. The lowest BCUT2D eigenvalue weighted by molar-refractivity contribution is -0.117. The summed E-state index contributed by atoms with van der Waals surface area (Å²) in [6, 6.07) is 17.3. The fourth-order valence-electron chi connectivity index (χ4n) is 3.55. The van der Waals surface area contributed by atoms with Gasteiger partial charge >= 0.3 is 0 Å². The largest absolute Gasteiger partial charge is 0.316 e. The number of rotatable bonds is 4. The van der Waals surface area contributed by atoms with Crippen molar-refractivity contribution in [3.63, 3.8) is 0 Å². The van der Waals surface area contributed by atoms with Gasteiger partial charge in [0.05, 0.1) is 17.5 Å². The first-order valence-corrected chi connectivity index (χ1v) is 12.5. The maximum absolute atomic E-state index is 12.5. The third-order valence-electron chi connectivity index (χ3n) is 4.84. The lowest BCUT2D eigenvalue weighted by Gasteiger charge is -2.24. The molecule has 2 aliphatic heterocycles. The Morgan fingerprint density at radius 1 is 1.14 bits per heavy atom. The van der Waals surface area contributed by atoms with Gasteiger partial charge in [0, 0.05) is 21.8 Å². The molecule has 2 heterocycles. The standard InChI is InChI=1S/C20H19BrN2O3S2/c21-15-7-4-8-16(11-15)23-17-12-28(25,26)13-18(17)27-20(23)22-19(24)10-9-14-5-2-1-3-6-14/h1-8,11,17-18H,9-10,12-13H2/t17-,18-/m0/s1. The van der Waals surface area contributed by atoms with Gasteiger partial charge in [0.2, 0.25) is 5.91 Å². The number of nitrogens with zero attached hydrogens (tertiary/aromatic N) is 2. The Labute approximate surface area is 177 Å². The normalized spacial score (nSPS) is 24.5. The second-order valence-corrected chi connectivity index (χ2v) is 11.2. The molecule has 0 N–H and O–H groups in total. The molecular weight excluding hydrogens is 460 g/mol. The molecule has 0 unspecified atom stereocenters. The highest BCUT2D eigenvalue weighted by atomic mass is 79.9. The highest BCUT2D eigenvalue weighted by molar-refractivity contribution is 9.10. The van der Waals surface area contributed by atoms with Gasteiger partial charge in [0.25, 0.3) is 0 Å². The molecule has 146 valence electrons. The van der Waals surface area contributed by atoms with E-state index in [0.717, 1.165) is 15.7 Å². The second kappa shape index (κ2) is 8.00. The maximum Gasteiger partial charge on any atom is 0.248 e. The summed E-state index contributed by atoms with van der Waals surface area (Å²) in [5.41, 5.74) is 1.95. The quantitative estimate of drug-likeness (QED) is 0.670. The smallest absolute Gasteiger partial charge is 0.248 e. The molecule has 28 heavy (non-hydrogen) atoms. The first-order chi connectivity index (χ1) is 13.4. The number of aliphatic imine (C=N–C) groups is 1. The predicted octanol–water partition coefficient (Wildman–Crippen LogP) is 3.68. The number of anilines is 1. The summed E-state index contributed by atoms with van der Waals surface area (Å²) in [6.45, 7) is 0. The van der Waals surface area contributed by atoms with E-state index in [1.807, 2.05) is 59.5 Å². The van der Waals surface area contributed by atoms with Gasteiger partial charge in [-0.05, 0) is 30.2 Å². The number of carbonyl (C=O) groups excluding carboxylic acids is 1. The molecule has 2 aromatic rings. The fourth-order valence-corrected chi connectivity index (χ4v) is 7.87. The number of carbonyl (C=O) groups is 1. The van der Waals surface area contributed by atoms with Crippen molar-refractivity contribution in [3.8, 4) is 0 Å². The topological polar surface area (TPSA) is 66.8 Å². The number of benzene rings is 2. The van der Waals surface area contributed by atoms with Crippen LogP contribution in [0.3, 0.4) is 0 Å².